The number of nitrogens with zero attached hydrogens (tertiary/aromatic N) is 1. The number of phenolic OH excluding ortho intramolecular Hbond substituents is 1. The summed E-state index contributed by atoms with van der Waals surface area (Å²) in [5.74, 6) is -0.804. The van der Waals surface area contributed by atoms with Gasteiger partial charge in [-0.3, -0.25) is 14.4 Å². The van der Waals surface area contributed by atoms with E-state index >= 15 is 0 Å². The number of ketones is 1. The number of Topliss-reactive ketones (excluding diaryl/α,β-unsaturated/α-hetero) is 1. The zero-order chi connectivity index (χ0) is 24.7. The molecule has 0 saturated carbocycles. The molecule has 10 heteroatoms. The van der Waals surface area contributed by atoms with Crippen molar-refractivity contribution in [2.45, 2.75) is 31.1 Å². The number of benzene rings is 2. The van der Waals surface area contributed by atoms with Crippen LogP contribution in [0.1, 0.15) is 46.9 Å². The highest BCUT2D eigenvalue weighted by Crippen LogP contribution is 2.24. The predicted octanol–water partition coefficient (Wildman–Crippen LogP) is 1.93. The van der Waals surface area contributed by atoms with E-state index in [-0.39, 0.29) is 47.3 Å². The lowest BCUT2D eigenvalue weighted by atomic mass is 9.97. The molecule has 1 heterocycles. The Labute approximate surface area is 199 Å². The second-order valence-electron chi connectivity index (χ2n) is 8.21. The average molecular weight is 488 g/mol. The Balaban J connectivity index is 1.39. The largest absolute Gasteiger partial charge is 0.508 e. The fourth-order valence-electron chi connectivity index (χ4n) is 3.76. The van der Waals surface area contributed by atoms with Crippen LogP contribution in [-0.2, 0) is 14.8 Å². The van der Waals surface area contributed by atoms with Crippen LogP contribution in [0.3, 0.4) is 0 Å². The third-order valence-electron chi connectivity index (χ3n) is 5.77. The van der Waals surface area contributed by atoms with Gasteiger partial charge in [0.15, 0.2) is 5.78 Å². The van der Waals surface area contributed by atoms with Crippen LogP contribution in [0.15, 0.2) is 53.4 Å². The van der Waals surface area contributed by atoms with Gasteiger partial charge in [0.25, 0.3) is 5.91 Å². The molecule has 0 unspecified atom stereocenters. The summed E-state index contributed by atoms with van der Waals surface area (Å²) in [6.45, 7) is 2.67. The van der Waals surface area contributed by atoms with E-state index < -0.39 is 10.0 Å². The SMILES string of the molecule is CC(=O)c1ccc(S(=O)(=O)N2CCC(C(=O)NCCCNC(=O)c3cccc(O)c3)CC2)cc1. The molecule has 3 rings (SSSR count). The molecule has 0 spiro atoms. The molecule has 34 heavy (non-hydrogen) atoms. The second kappa shape index (κ2) is 11.3. The maximum atomic E-state index is 12.9. The Morgan fingerprint density at radius 2 is 1.62 bits per heavy atom. The van der Waals surface area contributed by atoms with Gasteiger partial charge in [0.2, 0.25) is 15.9 Å². The van der Waals surface area contributed by atoms with Crippen molar-refractivity contribution in [2.24, 2.45) is 5.92 Å². The molecule has 182 valence electrons. The molecule has 0 aliphatic carbocycles. The van der Waals surface area contributed by atoms with Crippen LogP contribution in [0.25, 0.3) is 0 Å². The molecule has 1 aliphatic heterocycles. The van der Waals surface area contributed by atoms with Gasteiger partial charge in [-0.2, -0.15) is 4.31 Å². The first-order chi connectivity index (χ1) is 16.2. The zero-order valence-corrected chi connectivity index (χ0v) is 19.8. The predicted molar refractivity (Wildman–Crippen MR) is 126 cm³/mol. The summed E-state index contributed by atoms with van der Waals surface area (Å²) in [7, 11) is -3.68. The number of rotatable bonds is 9. The maximum Gasteiger partial charge on any atom is 0.251 e. The van der Waals surface area contributed by atoms with Gasteiger partial charge in [0.1, 0.15) is 5.75 Å². The Bertz CT molecular complexity index is 1140. The topological polar surface area (TPSA) is 133 Å². The minimum atomic E-state index is -3.68. The van der Waals surface area contributed by atoms with Crippen molar-refractivity contribution in [1.29, 1.82) is 0 Å². The lowest BCUT2D eigenvalue weighted by molar-refractivity contribution is -0.126. The first kappa shape index (κ1) is 25.4. The number of amides is 2. The lowest BCUT2D eigenvalue weighted by Gasteiger charge is -2.30. The van der Waals surface area contributed by atoms with Crippen LogP contribution in [0.5, 0.6) is 5.75 Å². The van der Waals surface area contributed by atoms with E-state index in [0.717, 1.165) is 0 Å². The van der Waals surface area contributed by atoms with Gasteiger partial charge >= 0.3 is 0 Å². The molecule has 0 bridgehead atoms. The molecule has 2 aromatic carbocycles. The fourth-order valence-corrected chi connectivity index (χ4v) is 5.23. The normalized spacial score (nSPS) is 15.0. The Kier molecular flexibility index (Phi) is 8.41. The average Bonchev–Trinajstić information content (AvgIpc) is 2.83. The third kappa shape index (κ3) is 6.42. The summed E-state index contributed by atoms with van der Waals surface area (Å²) in [5, 5.41) is 15.0. The van der Waals surface area contributed by atoms with Crippen LogP contribution >= 0.6 is 0 Å². The smallest absolute Gasteiger partial charge is 0.251 e. The second-order valence-corrected chi connectivity index (χ2v) is 10.1. The van der Waals surface area contributed by atoms with Crippen LogP contribution < -0.4 is 10.6 Å². The van der Waals surface area contributed by atoms with Crippen LogP contribution in [0.4, 0.5) is 0 Å². The van der Waals surface area contributed by atoms with Gasteiger partial charge < -0.3 is 15.7 Å². The molecule has 2 aromatic rings. The summed E-state index contributed by atoms with van der Waals surface area (Å²) in [6.07, 6.45) is 1.38. The number of carbonyl (C=O) groups is 3. The van der Waals surface area contributed by atoms with Gasteiger partial charge in [-0.25, -0.2) is 8.42 Å². The molecule has 3 N–H and O–H groups in total. The number of sulfonamides is 1. The van der Waals surface area contributed by atoms with E-state index in [1.54, 1.807) is 12.1 Å². The quantitative estimate of drug-likeness (QED) is 0.366. The van der Waals surface area contributed by atoms with Crippen LogP contribution in [0.2, 0.25) is 0 Å². The van der Waals surface area contributed by atoms with E-state index in [1.807, 2.05) is 0 Å². The number of nitrogens with one attached hydrogen (secondary N) is 2. The molecule has 0 aromatic heterocycles. The minimum Gasteiger partial charge on any atom is -0.508 e. The summed E-state index contributed by atoms with van der Waals surface area (Å²) >= 11 is 0. The number of piperidine rings is 1. The molecule has 1 saturated heterocycles. The van der Waals surface area contributed by atoms with Crippen LogP contribution in [-0.4, -0.2) is 61.6 Å². The van der Waals surface area contributed by atoms with Gasteiger partial charge in [-0.1, -0.05) is 18.2 Å². The highest BCUT2D eigenvalue weighted by molar-refractivity contribution is 7.89. The summed E-state index contributed by atoms with van der Waals surface area (Å²) in [6, 6.07) is 11.9. The summed E-state index contributed by atoms with van der Waals surface area (Å²) in [4.78, 5) is 36.0. The molecule has 1 fully saturated rings. The van der Waals surface area contributed by atoms with Crippen molar-refractivity contribution in [1.82, 2.24) is 14.9 Å². The molecule has 2 amide bonds. The third-order valence-corrected chi connectivity index (χ3v) is 7.68. The minimum absolute atomic E-state index is 0.0182. The number of hydrogen-bond acceptors (Lipinski definition) is 6. The van der Waals surface area contributed by atoms with Crippen LogP contribution in [0, 0.1) is 5.92 Å². The van der Waals surface area contributed by atoms with Gasteiger partial charge in [0, 0.05) is 43.2 Å². The Morgan fingerprint density at radius 1 is 0.971 bits per heavy atom. The van der Waals surface area contributed by atoms with E-state index in [1.165, 1.54) is 47.6 Å². The molecule has 1 aliphatic rings. The van der Waals surface area contributed by atoms with Crippen molar-refractivity contribution >= 4 is 27.6 Å². The fraction of sp³-hybridized carbons (Fsp3) is 0.375. The highest BCUT2D eigenvalue weighted by Gasteiger charge is 2.32. The van der Waals surface area contributed by atoms with Crippen molar-refractivity contribution in [3.63, 3.8) is 0 Å². The van der Waals surface area contributed by atoms with E-state index in [2.05, 4.69) is 10.6 Å². The molecular formula is C24H29N3O6S. The molecule has 0 radical (unpaired) electrons. The number of aromatic hydroxyl groups is 1. The number of phenols is 1. The van der Waals surface area contributed by atoms with E-state index in [9.17, 15) is 27.9 Å². The first-order valence-corrected chi connectivity index (χ1v) is 12.6. The standard InChI is InChI=1S/C24H29N3O6S/c1-17(28)18-6-8-22(9-7-18)34(32,33)27-14-10-19(11-15-27)23(30)25-12-3-13-26-24(31)20-4-2-5-21(29)16-20/h2,4-9,16,19,29H,3,10-15H2,1H3,(H,25,30)(H,26,31). The van der Waals surface area contributed by atoms with E-state index in [0.29, 0.717) is 43.5 Å². The lowest BCUT2D eigenvalue weighted by Crippen LogP contribution is -2.43. The molecule has 9 nitrogen and oxygen atoms in total. The van der Waals surface area contributed by atoms with Crippen molar-refractivity contribution in [3.05, 3.63) is 59.7 Å². The summed E-state index contributed by atoms with van der Waals surface area (Å²) < 4.78 is 27.1. The first-order valence-electron chi connectivity index (χ1n) is 11.1. The Hall–Kier alpha value is -3.24. The zero-order valence-electron chi connectivity index (χ0n) is 19.0. The number of carbonyl (C=O) groups excluding carboxylic acids is 3. The number of hydrogen-bond donors (Lipinski definition) is 3. The monoisotopic (exact) mass is 487 g/mol. The van der Waals surface area contributed by atoms with Gasteiger partial charge in [0.05, 0.1) is 4.90 Å². The van der Waals surface area contributed by atoms with Gasteiger partial charge in [-0.05, 0) is 56.5 Å². The van der Waals surface area contributed by atoms with Gasteiger partial charge in [-0.15, -0.1) is 0 Å². The Morgan fingerprint density at radius 3 is 2.24 bits per heavy atom. The van der Waals surface area contributed by atoms with Crippen molar-refractivity contribution in [2.75, 3.05) is 26.2 Å². The summed E-state index contributed by atoms with van der Waals surface area (Å²) in [5.41, 5.74) is 0.814. The highest BCUT2D eigenvalue weighted by atomic mass is 32.2. The molecular weight excluding hydrogens is 458 g/mol. The van der Waals surface area contributed by atoms with Crippen molar-refractivity contribution in [3.8, 4) is 5.75 Å². The molecule has 0 atom stereocenters. The van der Waals surface area contributed by atoms with E-state index in [4.69, 9.17) is 0 Å². The maximum absolute atomic E-state index is 12.9. The van der Waals surface area contributed by atoms with Crippen molar-refractivity contribution < 1.29 is 27.9 Å².